The molecule has 13 heteroatoms. The molecular formula is C27H33N7O5S. The van der Waals surface area contributed by atoms with Crippen LogP contribution in [0.4, 0.5) is 0 Å². The van der Waals surface area contributed by atoms with Crippen molar-refractivity contribution in [2.24, 2.45) is 0 Å². The molecular weight excluding hydrogens is 534 g/mol. The molecule has 0 spiro atoms. The second-order valence-electron chi connectivity index (χ2n) is 7.93. The number of thioether (sulfide) groups is 1. The van der Waals surface area contributed by atoms with Gasteiger partial charge in [-0.05, 0) is 45.9 Å². The molecule has 12 nitrogen and oxygen atoms in total. The summed E-state index contributed by atoms with van der Waals surface area (Å²) in [5, 5.41) is 30.8. The van der Waals surface area contributed by atoms with Crippen LogP contribution in [0.15, 0.2) is 56.2 Å². The molecule has 0 aliphatic carbocycles. The molecule has 3 aromatic heterocycles. The normalized spacial score (nSPS) is 9.68. The third-order valence-corrected chi connectivity index (χ3v) is 5.15. The van der Waals surface area contributed by atoms with Gasteiger partial charge in [0.1, 0.15) is 22.5 Å². The zero-order chi connectivity index (χ0) is 30.2. The molecule has 0 aliphatic heterocycles. The van der Waals surface area contributed by atoms with Crippen molar-refractivity contribution >= 4 is 28.8 Å². The van der Waals surface area contributed by atoms with E-state index in [1.54, 1.807) is 61.2 Å². The van der Waals surface area contributed by atoms with Gasteiger partial charge in [-0.25, -0.2) is 9.59 Å². The summed E-state index contributed by atoms with van der Waals surface area (Å²) in [6.45, 7) is 19.6. The molecule has 1 N–H and O–H groups in total. The molecule has 3 heterocycles. The van der Waals surface area contributed by atoms with E-state index in [-0.39, 0.29) is 16.8 Å². The average molecular weight is 568 g/mol. The van der Waals surface area contributed by atoms with Gasteiger partial charge in [-0.1, -0.05) is 18.2 Å². The van der Waals surface area contributed by atoms with Gasteiger partial charge in [-0.3, -0.25) is 18.8 Å². The highest BCUT2D eigenvalue weighted by atomic mass is 32.2. The predicted molar refractivity (Wildman–Crippen MR) is 152 cm³/mol. The summed E-state index contributed by atoms with van der Waals surface area (Å²) in [6, 6.07) is 4.91. The first-order valence-corrected chi connectivity index (χ1v) is 12.8. The van der Waals surface area contributed by atoms with Crippen LogP contribution >= 0.6 is 11.8 Å². The lowest BCUT2D eigenvalue weighted by atomic mass is 10.3. The van der Waals surface area contributed by atoms with Crippen LogP contribution < -0.4 is 0 Å². The molecule has 0 fully saturated rings. The number of carboxylic acids is 1. The van der Waals surface area contributed by atoms with Crippen LogP contribution in [-0.2, 0) is 24.4 Å². The summed E-state index contributed by atoms with van der Waals surface area (Å²) < 4.78 is 9.42. The Morgan fingerprint density at radius 2 is 1.27 bits per heavy atom. The van der Waals surface area contributed by atoms with Crippen molar-refractivity contribution in [2.75, 3.05) is 6.61 Å². The molecule has 40 heavy (non-hydrogen) atoms. The third kappa shape index (κ3) is 10.2. The quantitative estimate of drug-likeness (QED) is 0.212. The number of aromatic carboxylic acids is 1. The van der Waals surface area contributed by atoms with Gasteiger partial charge in [-0.2, -0.15) is 20.6 Å². The monoisotopic (exact) mass is 567 g/mol. The van der Waals surface area contributed by atoms with Gasteiger partial charge in [0, 0.05) is 11.8 Å². The summed E-state index contributed by atoms with van der Waals surface area (Å²) in [5.41, 5.74) is 3.38. The van der Waals surface area contributed by atoms with Crippen LogP contribution in [0.5, 0.6) is 0 Å². The molecule has 0 radical (unpaired) electrons. The maximum absolute atomic E-state index is 11.4. The predicted octanol–water partition coefficient (Wildman–Crippen LogP) is 4.36. The summed E-state index contributed by atoms with van der Waals surface area (Å²) in [5.74, 6) is -1.30. The van der Waals surface area contributed by atoms with Crippen molar-refractivity contribution in [3.8, 4) is 5.40 Å². The van der Waals surface area contributed by atoms with Gasteiger partial charge in [-0.15, -0.1) is 19.7 Å². The molecule has 212 valence electrons. The number of hydrogen-bond acceptors (Lipinski definition) is 9. The number of esters is 1. The number of allylic oxidation sites excluding steroid dienone is 3. The van der Waals surface area contributed by atoms with Crippen molar-refractivity contribution < 1.29 is 24.2 Å². The fourth-order valence-corrected chi connectivity index (χ4v) is 3.57. The molecule has 0 unspecified atom stereocenters. The van der Waals surface area contributed by atoms with E-state index >= 15 is 0 Å². The Morgan fingerprint density at radius 1 is 0.875 bits per heavy atom. The van der Waals surface area contributed by atoms with E-state index in [0.717, 1.165) is 11.4 Å². The number of aromatic nitrogens is 6. The Morgan fingerprint density at radius 3 is 1.68 bits per heavy atom. The van der Waals surface area contributed by atoms with Crippen LogP contribution in [0, 0.1) is 31.4 Å². The Bertz CT molecular complexity index is 1390. The fourth-order valence-electron chi connectivity index (χ4n) is 3.22. The van der Waals surface area contributed by atoms with E-state index in [0.29, 0.717) is 55.1 Å². The van der Waals surface area contributed by atoms with Gasteiger partial charge in [0.15, 0.2) is 0 Å². The summed E-state index contributed by atoms with van der Waals surface area (Å²) in [6.07, 6.45) is 4.95. The lowest BCUT2D eigenvalue weighted by Gasteiger charge is -2.03. The van der Waals surface area contributed by atoms with E-state index in [4.69, 9.17) is 15.1 Å². The zero-order valence-electron chi connectivity index (χ0n) is 23.0. The number of carbonyl (C=O) groups excluding carboxylic acids is 2. The first kappa shape index (κ1) is 33.3. The van der Waals surface area contributed by atoms with Gasteiger partial charge in [0.05, 0.1) is 43.3 Å². The van der Waals surface area contributed by atoms with Gasteiger partial charge in [0.25, 0.3) is 5.12 Å². The van der Waals surface area contributed by atoms with E-state index in [9.17, 15) is 14.4 Å². The Hall–Kier alpha value is -4.70. The van der Waals surface area contributed by atoms with Crippen molar-refractivity contribution in [1.82, 2.24) is 29.3 Å². The Labute approximate surface area is 237 Å². The average Bonchev–Trinajstić information content (AvgIpc) is 3.57. The molecule has 3 aromatic rings. The molecule has 0 amide bonds. The third-order valence-electron chi connectivity index (χ3n) is 4.66. The smallest absolute Gasteiger partial charge is 0.356 e. The fraction of sp³-hybridized carbons (Fsp3) is 0.296. The first-order valence-electron chi connectivity index (χ1n) is 12.0. The van der Waals surface area contributed by atoms with Crippen LogP contribution in [0.3, 0.4) is 0 Å². The molecule has 0 aliphatic rings. The van der Waals surface area contributed by atoms with Crippen molar-refractivity contribution in [1.29, 1.82) is 5.26 Å². The van der Waals surface area contributed by atoms with Crippen LogP contribution in [0.2, 0.25) is 0 Å². The van der Waals surface area contributed by atoms with Gasteiger partial charge in [0.2, 0.25) is 0 Å². The second kappa shape index (κ2) is 17.0. The maximum Gasteiger partial charge on any atom is 0.356 e. The van der Waals surface area contributed by atoms with E-state index in [2.05, 4.69) is 35.0 Å². The topological polar surface area (TPSA) is 158 Å². The summed E-state index contributed by atoms with van der Waals surface area (Å²) >= 11 is 0.609. The highest BCUT2D eigenvalue weighted by molar-refractivity contribution is 8.18. The zero-order valence-corrected chi connectivity index (χ0v) is 23.8. The number of hydrogen-bond donors (Lipinski definition) is 1. The van der Waals surface area contributed by atoms with Crippen LogP contribution in [0.25, 0.3) is 0 Å². The molecule has 3 rings (SSSR count). The molecule has 0 aromatic carbocycles. The lowest BCUT2D eigenvalue weighted by molar-refractivity contribution is 0.0512. The number of nitriles is 1. The van der Waals surface area contributed by atoms with E-state index in [1.807, 2.05) is 6.92 Å². The SMILES string of the molecule is C=CCn1nc(C)cc1C(=O)O.C=CCn1nc(C)cc1C(=O)OCC.C=CCn1nc(C)cc1C(=O)SC#N. The van der Waals surface area contributed by atoms with Gasteiger partial charge < -0.3 is 9.84 Å². The summed E-state index contributed by atoms with van der Waals surface area (Å²) in [4.78, 5) is 33.5. The number of ether oxygens (including phenoxy) is 1. The second-order valence-corrected chi connectivity index (χ2v) is 8.69. The minimum atomic E-state index is -0.961. The standard InChI is InChI=1S/C10H14N2O2.C9H9N3OS.C8H10N2O2/c1-4-6-12-9(7-8(3)11-12)10(13)14-5-2;1-3-4-12-8(5-7(2)11-12)9(13)14-6-10;1-3-4-10-7(8(11)12)5-6(2)9-10/h4,7H,1,5-6H2,2-3H3;3,5H,1,4H2,2H3;3,5H,1,4H2,2H3,(H,11,12). The first-order chi connectivity index (χ1) is 19.0. The van der Waals surface area contributed by atoms with Crippen molar-refractivity contribution in [3.63, 3.8) is 0 Å². The Kier molecular flexibility index (Phi) is 14.2. The van der Waals surface area contributed by atoms with Crippen LogP contribution in [-0.4, -0.2) is 58.1 Å². The largest absolute Gasteiger partial charge is 0.477 e. The van der Waals surface area contributed by atoms with Crippen molar-refractivity contribution in [2.45, 2.75) is 47.3 Å². The minimum absolute atomic E-state index is 0.201. The molecule has 0 saturated carbocycles. The number of thiocyanates is 1. The summed E-state index contributed by atoms with van der Waals surface area (Å²) in [7, 11) is 0. The van der Waals surface area contributed by atoms with Crippen molar-refractivity contribution in [3.05, 3.63) is 90.3 Å². The highest BCUT2D eigenvalue weighted by Crippen LogP contribution is 2.12. The minimum Gasteiger partial charge on any atom is -0.477 e. The van der Waals surface area contributed by atoms with Crippen LogP contribution in [0.1, 0.15) is 55.5 Å². The highest BCUT2D eigenvalue weighted by Gasteiger charge is 2.14. The number of aryl methyl sites for hydroxylation is 3. The molecule has 0 bridgehead atoms. The van der Waals surface area contributed by atoms with Gasteiger partial charge >= 0.3 is 11.9 Å². The maximum atomic E-state index is 11.4. The number of carboxylic acid groups (broad SMARTS) is 1. The van der Waals surface area contributed by atoms with E-state index < -0.39 is 5.97 Å². The molecule has 0 saturated heterocycles. The lowest BCUT2D eigenvalue weighted by Crippen LogP contribution is -2.12. The molecule has 0 atom stereocenters. The number of rotatable bonds is 10. The van der Waals surface area contributed by atoms with E-state index in [1.165, 1.54) is 15.4 Å². The number of carbonyl (C=O) groups is 3. The number of nitrogens with zero attached hydrogens (tertiary/aromatic N) is 7. The Balaban J connectivity index is 0.000000301.